The molecule has 144 valence electrons. The van der Waals surface area contributed by atoms with Crippen molar-refractivity contribution in [2.45, 2.75) is 13.0 Å². The van der Waals surface area contributed by atoms with Gasteiger partial charge in [-0.2, -0.15) is 0 Å². The molecule has 2 aromatic heterocycles. The zero-order chi connectivity index (χ0) is 19.5. The number of hydrogen-bond donors (Lipinski definition) is 2. The molecule has 2 amide bonds. The largest absolute Gasteiger partial charge is 0.353 e. The quantitative estimate of drug-likeness (QED) is 0.729. The molecule has 1 aliphatic rings. The topological polar surface area (TPSA) is 81.3 Å². The molecule has 0 saturated carbocycles. The lowest BCUT2D eigenvalue weighted by molar-refractivity contribution is -0.133. The maximum Gasteiger partial charge on any atom is 0.268 e. The van der Waals surface area contributed by atoms with Crippen molar-refractivity contribution in [1.29, 1.82) is 0 Å². The molecule has 0 radical (unpaired) electrons. The molecule has 1 aromatic carbocycles. The number of carbonyl (C=O) groups excluding carboxylic acids is 2. The Morgan fingerprint density at radius 2 is 1.82 bits per heavy atom. The summed E-state index contributed by atoms with van der Waals surface area (Å²) in [6.45, 7) is 4.41. The highest BCUT2D eigenvalue weighted by Gasteiger charge is 2.26. The van der Waals surface area contributed by atoms with Gasteiger partial charge in [-0.05, 0) is 31.2 Å². The molecule has 7 nitrogen and oxygen atoms in total. The third-order valence-corrected chi connectivity index (χ3v) is 5.06. The van der Waals surface area contributed by atoms with Crippen LogP contribution in [0.2, 0.25) is 0 Å². The first-order valence-corrected chi connectivity index (χ1v) is 9.45. The van der Waals surface area contributed by atoms with Crippen molar-refractivity contribution in [3.63, 3.8) is 0 Å². The monoisotopic (exact) mass is 377 g/mol. The van der Waals surface area contributed by atoms with Crippen LogP contribution in [0.25, 0.3) is 10.9 Å². The van der Waals surface area contributed by atoms with Crippen molar-refractivity contribution in [2.75, 3.05) is 31.1 Å². The van der Waals surface area contributed by atoms with Gasteiger partial charge in [-0.15, -0.1) is 0 Å². The number of piperazine rings is 1. The number of fused-ring (bicyclic) bond motifs is 1. The van der Waals surface area contributed by atoms with Gasteiger partial charge in [0.25, 0.3) is 5.91 Å². The molecular weight excluding hydrogens is 354 g/mol. The molecule has 1 atom stereocenters. The predicted molar refractivity (Wildman–Crippen MR) is 108 cm³/mol. The van der Waals surface area contributed by atoms with Gasteiger partial charge in [0.1, 0.15) is 17.6 Å². The molecule has 1 aliphatic heterocycles. The van der Waals surface area contributed by atoms with Crippen molar-refractivity contribution in [1.82, 2.24) is 20.2 Å². The first kappa shape index (κ1) is 18.0. The first-order chi connectivity index (χ1) is 13.6. The van der Waals surface area contributed by atoms with Crippen LogP contribution < -0.4 is 10.2 Å². The average Bonchev–Trinajstić information content (AvgIpc) is 3.18. The van der Waals surface area contributed by atoms with Gasteiger partial charge in [-0.1, -0.05) is 24.3 Å². The van der Waals surface area contributed by atoms with Crippen molar-refractivity contribution < 1.29 is 9.59 Å². The lowest BCUT2D eigenvalue weighted by Crippen LogP contribution is -2.54. The molecule has 2 N–H and O–H groups in total. The first-order valence-electron chi connectivity index (χ1n) is 9.45. The van der Waals surface area contributed by atoms with Gasteiger partial charge in [-0.25, -0.2) is 4.98 Å². The SMILES string of the molecule is CC(NC(=O)c1cc2ccccc2[nH]1)C(=O)N1CCN(c2ccccn2)CC1. The lowest BCUT2D eigenvalue weighted by atomic mass is 10.2. The van der Waals surface area contributed by atoms with Crippen molar-refractivity contribution in [2.24, 2.45) is 0 Å². The van der Waals surface area contributed by atoms with Crippen LogP contribution in [0.3, 0.4) is 0 Å². The summed E-state index contributed by atoms with van der Waals surface area (Å²) in [5.41, 5.74) is 1.36. The van der Waals surface area contributed by atoms with Crippen LogP contribution in [0, 0.1) is 0 Å². The second-order valence-corrected chi connectivity index (χ2v) is 6.97. The summed E-state index contributed by atoms with van der Waals surface area (Å²) in [6, 6.07) is 14.7. The van der Waals surface area contributed by atoms with Crippen molar-refractivity contribution in [3.8, 4) is 0 Å². The predicted octanol–water partition coefficient (Wildman–Crippen LogP) is 2.03. The molecule has 0 spiro atoms. The van der Waals surface area contributed by atoms with Crippen LogP contribution in [0.4, 0.5) is 5.82 Å². The minimum absolute atomic E-state index is 0.0647. The van der Waals surface area contributed by atoms with Gasteiger partial charge in [0.05, 0.1) is 0 Å². The van der Waals surface area contributed by atoms with E-state index in [1.54, 1.807) is 24.1 Å². The number of benzene rings is 1. The van der Waals surface area contributed by atoms with Gasteiger partial charge < -0.3 is 20.1 Å². The van der Waals surface area contributed by atoms with E-state index in [1.165, 1.54) is 0 Å². The van der Waals surface area contributed by atoms with E-state index < -0.39 is 6.04 Å². The van der Waals surface area contributed by atoms with E-state index >= 15 is 0 Å². The third-order valence-electron chi connectivity index (χ3n) is 5.06. The molecule has 3 aromatic rings. The summed E-state index contributed by atoms with van der Waals surface area (Å²) in [5, 5.41) is 3.78. The van der Waals surface area contributed by atoms with Crippen LogP contribution in [0.5, 0.6) is 0 Å². The fraction of sp³-hybridized carbons (Fsp3) is 0.286. The number of aromatic nitrogens is 2. The van der Waals surface area contributed by atoms with Gasteiger partial charge >= 0.3 is 0 Å². The Hall–Kier alpha value is -3.35. The minimum atomic E-state index is -0.583. The molecule has 0 bridgehead atoms. The van der Waals surface area contributed by atoms with E-state index in [0.717, 1.165) is 29.8 Å². The van der Waals surface area contributed by atoms with Crippen LogP contribution >= 0.6 is 0 Å². The number of anilines is 1. The Balaban J connectivity index is 1.34. The fourth-order valence-corrected chi connectivity index (χ4v) is 3.50. The maximum atomic E-state index is 12.7. The van der Waals surface area contributed by atoms with Crippen LogP contribution in [-0.4, -0.2) is 58.9 Å². The van der Waals surface area contributed by atoms with Gasteiger partial charge in [0, 0.05) is 43.3 Å². The van der Waals surface area contributed by atoms with E-state index in [4.69, 9.17) is 0 Å². The fourth-order valence-electron chi connectivity index (χ4n) is 3.50. The number of para-hydroxylation sites is 1. The molecule has 0 aliphatic carbocycles. The number of amides is 2. The molecule has 1 saturated heterocycles. The van der Waals surface area contributed by atoms with Crippen LogP contribution in [0.15, 0.2) is 54.7 Å². The summed E-state index contributed by atoms with van der Waals surface area (Å²) >= 11 is 0. The molecule has 1 fully saturated rings. The Labute approximate surface area is 163 Å². The Morgan fingerprint density at radius 1 is 1.07 bits per heavy atom. The van der Waals surface area contributed by atoms with E-state index in [2.05, 4.69) is 20.2 Å². The number of aromatic amines is 1. The lowest BCUT2D eigenvalue weighted by Gasteiger charge is -2.36. The van der Waals surface area contributed by atoms with Gasteiger partial charge in [0.15, 0.2) is 0 Å². The number of H-pyrrole nitrogens is 1. The Bertz CT molecular complexity index is 944. The normalized spacial score (nSPS) is 15.5. The number of pyridine rings is 1. The van der Waals surface area contributed by atoms with Crippen molar-refractivity contribution in [3.05, 3.63) is 60.4 Å². The summed E-state index contributed by atoms with van der Waals surface area (Å²) in [6.07, 6.45) is 1.77. The number of nitrogens with zero attached hydrogens (tertiary/aromatic N) is 3. The molecule has 7 heteroatoms. The molecule has 1 unspecified atom stereocenters. The highest BCUT2D eigenvalue weighted by atomic mass is 16.2. The standard InChI is InChI=1S/C21H23N5O2/c1-15(23-20(27)18-14-16-6-2-3-7-17(16)24-18)21(28)26-12-10-25(11-13-26)19-8-4-5-9-22-19/h2-9,14-15,24H,10-13H2,1H3,(H,23,27). The number of hydrogen-bond acceptors (Lipinski definition) is 4. The summed E-state index contributed by atoms with van der Waals surface area (Å²) < 4.78 is 0. The molecule has 28 heavy (non-hydrogen) atoms. The van der Waals surface area contributed by atoms with Gasteiger partial charge in [-0.3, -0.25) is 9.59 Å². The van der Waals surface area contributed by atoms with E-state index in [9.17, 15) is 9.59 Å². The molecular formula is C21H23N5O2. The van der Waals surface area contributed by atoms with E-state index in [1.807, 2.05) is 42.5 Å². The summed E-state index contributed by atoms with van der Waals surface area (Å²) in [5.74, 6) is 0.587. The zero-order valence-electron chi connectivity index (χ0n) is 15.8. The van der Waals surface area contributed by atoms with Crippen molar-refractivity contribution >= 4 is 28.5 Å². The maximum absolute atomic E-state index is 12.7. The van der Waals surface area contributed by atoms with E-state index in [-0.39, 0.29) is 11.8 Å². The summed E-state index contributed by atoms with van der Waals surface area (Å²) in [4.78, 5) is 36.7. The summed E-state index contributed by atoms with van der Waals surface area (Å²) in [7, 11) is 0. The highest BCUT2D eigenvalue weighted by Crippen LogP contribution is 2.15. The minimum Gasteiger partial charge on any atom is -0.353 e. The second-order valence-electron chi connectivity index (χ2n) is 6.97. The van der Waals surface area contributed by atoms with Crippen LogP contribution in [0.1, 0.15) is 17.4 Å². The molecule has 4 rings (SSSR count). The highest BCUT2D eigenvalue weighted by molar-refractivity contribution is 6.00. The number of nitrogens with one attached hydrogen (secondary N) is 2. The average molecular weight is 377 g/mol. The Morgan fingerprint density at radius 3 is 2.54 bits per heavy atom. The molecule has 3 heterocycles. The number of rotatable bonds is 4. The van der Waals surface area contributed by atoms with Gasteiger partial charge in [0.2, 0.25) is 5.91 Å². The Kier molecular flexibility index (Phi) is 4.97. The zero-order valence-corrected chi connectivity index (χ0v) is 15.8. The second kappa shape index (κ2) is 7.72. The number of carbonyl (C=O) groups is 2. The smallest absolute Gasteiger partial charge is 0.268 e. The van der Waals surface area contributed by atoms with E-state index in [0.29, 0.717) is 18.8 Å². The van der Waals surface area contributed by atoms with Crippen LogP contribution in [-0.2, 0) is 4.79 Å². The third kappa shape index (κ3) is 3.69.